The number of carbonyl (C=O) groups is 3. The van der Waals surface area contributed by atoms with Gasteiger partial charge in [-0.15, -0.1) is 0 Å². The van der Waals surface area contributed by atoms with Crippen molar-refractivity contribution in [1.82, 2.24) is 10.6 Å². The summed E-state index contributed by atoms with van der Waals surface area (Å²) in [6, 6.07) is 15.6. The zero-order chi connectivity index (χ0) is 27.6. The van der Waals surface area contributed by atoms with Gasteiger partial charge in [0.2, 0.25) is 0 Å². The highest BCUT2D eigenvalue weighted by Crippen LogP contribution is 2.43. The first-order valence-electron chi connectivity index (χ1n) is 14.1. The van der Waals surface area contributed by atoms with E-state index in [9.17, 15) is 19.6 Å². The van der Waals surface area contributed by atoms with E-state index in [2.05, 4.69) is 22.0 Å². The van der Waals surface area contributed by atoms with E-state index in [0.29, 0.717) is 16.8 Å². The number of hydrogen-bond donors (Lipinski definition) is 4. The molecular weight excluding hydrogens is 492 g/mol. The van der Waals surface area contributed by atoms with Crippen molar-refractivity contribution < 1.29 is 19.5 Å². The van der Waals surface area contributed by atoms with Gasteiger partial charge in [0.05, 0.1) is 24.1 Å². The van der Waals surface area contributed by atoms with Crippen LogP contribution in [0.25, 0.3) is 0 Å². The molecule has 2 saturated carbocycles. The van der Waals surface area contributed by atoms with E-state index < -0.39 is 5.97 Å². The molecule has 8 nitrogen and oxygen atoms in total. The molecule has 1 atom stereocenters. The first-order valence-corrected chi connectivity index (χ1v) is 14.1. The summed E-state index contributed by atoms with van der Waals surface area (Å²) in [7, 11) is 0. The molecule has 39 heavy (non-hydrogen) atoms. The summed E-state index contributed by atoms with van der Waals surface area (Å²) in [5.41, 5.74) is 2.41. The van der Waals surface area contributed by atoms with Gasteiger partial charge in [-0.1, -0.05) is 50.3 Å². The third kappa shape index (κ3) is 8.06. The molecule has 2 aliphatic rings. The molecule has 0 aliphatic heterocycles. The molecule has 0 spiro atoms. The number of urea groups is 1. The van der Waals surface area contributed by atoms with Gasteiger partial charge in [0.1, 0.15) is 0 Å². The van der Waals surface area contributed by atoms with Gasteiger partial charge < -0.3 is 21.1 Å². The third-order valence-electron chi connectivity index (χ3n) is 8.30. The zero-order valence-corrected chi connectivity index (χ0v) is 22.3. The van der Waals surface area contributed by atoms with E-state index >= 15 is 0 Å². The summed E-state index contributed by atoms with van der Waals surface area (Å²) in [5, 5.41) is 26.6. The molecule has 3 amide bonds. The van der Waals surface area contributed by atoms with Crippen LogP contribution in [-0.4, -0.2) is 29.6 Å². The molecule has 206 valence electrons. The van der Waals surface area contributed by atoms with Gasteiger partial charge in [0, 0.05) is 17.8 Å². The van der Waals surface area contributed by atoms with Crippen LogP contribution in [0.2, 0.25) is 0 Å². The van der Waals surface area contributed by atoms with Crippen molar-refractivity contribution in [3.8, 4) is 6.07 Å². The van der Waals surface area contributed by atoms with Crippen molar-refractivity contribution in [2.45, 2.75) is 70.3 Å². The maximum Gasteiger partial charge on any atom is 0.319 e. The second kappa shape index (κ2) is 13.8. The summed E-state index contributed by atoms with van der Waals surface area (Å²) in [5.74, 6) is 0.587. The van der Waals surface area contributed by atoms with Crippen LogP contribution in [-0.2, 0) is 4.79 Å². The lowest BCUT2D eigenvalue weighted by Gasteiger charge is -2.38. The number of nitriles is 1. The van der Waals surface area contributed by atoms with Crippen molar-refractivity contribution in [1.29, 1.82) is 5.26 Å². The minimum atomic E-state index is -0.963. The lowest BCUT2D eigenvalue weighted by Crippen LogP contribution is -2.38. The Morgan fingerprint density at radius 3 is 2.28 bits per heavy atom. The van der Waals surface area contributed by atoms with E-state index in [0.717, 1.165) is 30.2 Å². The Morgan fingerprint density at radius 1 is 0.923 bits per heavy atom. The summed E-state index contributed by atoms with van der Waals surface area (Å²) in [6.45, 7) is 0.0670. The van der Waals surface area contributed by atoms with Crippen LogP contribution in [0.5, 0.6) is 0 Å². The maximum atomic E-state index is 13.1. The van der Waals surface area contributed by atoms with Gasteiger partial charge in [-0.05, 0) is 79.3 Å². The molecule has 0 aromatic heterocycles. The smallest absolute Gasteiger partial charge is 0.319 e. The van der Waals surface area contributed by atoms with E-state index in [1.54, 1.807) is 36.4 Å². The number of amides is 3. The van der Waals surface area contributed by atoms with Gasteiger partial charge in [-0.3, -0.25) is 9.59 Å². The predicted octanol–water partition coefficient (Wildman–Crippen LogP) is 6.01. The second-order valence-electron chi connectivity index (χ2n) is 10.9. The summed E-state index contributed by atoms with van der Waals surface area (Å²) in [4.78, 5) is 36.2. The number of carboxylic acid groups (broad SMARTS) is 1. The number of aliphatic carboxylic acids is 1. The molecule has 2 fully saturated rings. The Kier molecular flexibility index (Phi) is 9.96. The fourth-order valence-corrected chi connectivity index (χ4v) is 6.23. The molecule has 2 aliphatic carbocycles. The van der Waals surface area contributed by atoms with Crippen molar-refractivity contribution >= 4 is 23.6 Å². The van der Waals surface area contributed by atoms with E-state index in [1.165, 1.54) is 44.9 Å². The van der Waals surface area contributed by atoms with Crippen molar-refractivity contribution in [3.05, 3.63) is 65.2 Å². The quantitative estimate of drug-likeness (QED) is 0.315. The van der Waals surface area contributed by atoms with Crippen LogP contribution in [0.3, 0.4) is 0 Å². The van der Waals surface area contributed by atoms with Crippen LogP contribution >= 0.6 is 0 Å². The SMILES string of the molecule is N#Cc1cccc(NC(=O)NC(c2ccc(C(=O)NCCC(=O)O)cc2)C2CCC(C3CCCCC3)CC2)c1. The Labute approximate surface area is 230 Å². The molecule has 4 N–H and O–H groups in total. The molecule has 0 radical (unpaired) electrons. The number of hydrogen-bond acceptors (Lipinski definition) is 4. The van der Waals surface area contributed by atoms with Gasteiger partial charge in [-0.25, -0.2) is 4.79 Å². The number of carbonyl (C=O) groups excluding carboxylic acids is 2. The van der Waals surface area contributed by atoms with Crippen molar-refractivity contribution in [2.75, 3.05) is 11.9 Å². The van der Waals surface area contributed by atoms with Gasteiger partial charge >= 0.3 is 12.0 Å². The predicted molar refractivity (Wildman–Crippen MR) is 149 cm³/mol. The van der Waals surface area contributed by atoms with Crippen molar-refractivity contribution in [3.63, 3.8) is 0 Å². The maximum absolute atomic E-state index is 13.1. The van der Waals surface area contributed by atoms with Gasteiger partial charge in [-0.2, -0.15) is 5.26 Å². The number of nitrogens with zero attached hydrogens (tertiary/aromatic N) is 1. The first-order chi connectivity index (χ1) is 18.9. The average molecular weight is 531 g/mol. The molecule has 2 aromatic rings. The lowest BCUT2D eigenvalue weighted by atomic mass is 9.69. The number of rotatable bonds is 9. The fourth-order valence-electron chi connectivity index (χ4n) is 6.23. The Hall–Kier alpha value is -3.86. The molecule has 0 heterocycles. The minimum absolute atomic E-state index is 0.0670. The third-order valence-corrected chi connectivity index (χ3v) is 8.30. The van der Waals surface area contributed by atoms with Gasteiger partial charge in [0.25, 0.3) is 5.91 Å². The van der Waals surface area contributed by atoms with Crippen LogP contribution in [0.1, 0.15) is 91.7 Å². The zero-order valence-electron chi connectivity index (χ0n) is 22.3. The molecule has 8 heteroatoms. The van der Waals surface area contributed by atoms with Crippen LogP contribution < -0.4 is 16.0 Å². The minimum Gasteiger partial charge on any atom is -0.481 e. The molecule has 1 unspecified atom stereocenters. The largest absolute Gasteiger partial charge is 0.481 e. The summed E-state index contributed by atoms with van der Waals surface area (Å²) < 4.78 is 0. The monoisotopic (exact) mass is 530 g/mol. The second-order valence-corrected chi connectivity index (χ2v) is 10.9. The Balaban J connectivity index is 1.45. The van der Waals surface area contributed by atoms with E-state index in [4.69, 9.17) is 5.11 Å². The topological polar surface area (TPSA) is 131 Å². The molecule has 0 saturated heterocycles. The van der Waals surface area contributed by atoms with Gasteiger partial charge in [0.15, 0.2) is 0 Å². The Bertz CT molecular complexity index is 1180. The molecular formula is C31H38N4O4. The summed E-state index contributed by atoms with van der Waals surface area (Å²) >= 11 is 0. The average Bonchev–Trinajstić information content (AvgIpc) is 2.96. The fraction of sp³-hybridized carbons (Fsp3) is 0.484. The van der Waals surface area contributed by atoms with Crippen molar-refractivity contribution in [2.24, 2.45) is 17.8 Å². The molecule has 0 bridgehead atoms. The number of carboxylic acids is 1. The first kappa shape index (κ1) is 28.2. The van der Waals surface area contributed by atoms with Crippen LogP contribution in [0.15, 0.2) is 48.5 Å². The number of anilines is 1. The highest BCUT2D eigenvalue weighted by Gasteiger charge is 2.33. The lowest BCUT2D eigenvalue weighted by molar-refractivity contribution is -0.136. The number of benzene rings is 2. The van der Waals surface area contributed by atoms with E-state index in [-0.39, 0.29) is 36.9 Å². The highest BCUT2D eigenvalue weighted by molar-refractivity contribution is 5.94. The van der Waals surface area contributed by atoms with E-state index in [1.807, 2.05) is 12.1 Å². The molecule has 2 aromatic carbocycles. The Morgan fingerprint density at radius 2 is 1.62 bits per heavy atom. The number of nitrogens with one attached hydrogen (secondary N) is 3. The standard InChI is InChI=1S/C31H38N4O4/c32-20-21-5-4-8-27(19-21)34-31(39)35-29(24-11-9-23(10-12-24)22-6-2-1-3-7-22)25-13-15-26(16-14-25)30(38)33-18-17-28(36)37/h4-5,8,13-16,19,22-24,29H,1-3,6-7,9-12,17-18H2,(H,33,38)(H,36,37)(H2,34,35,39). The van der Waals surface area contributed by atoms with Crippen LogP contribution in [0.4, 0.5) is 10.5 Å². The summed E-state index contributed by atoms with van der Waals surface area (Å²) in [6.07, 6.45) is 11.0. The molecule has 4 rings (SSSR count). The van der Waals surface area contributed by atoms with Crippen LogP contribution in [0, 0.1) is 29.1 Å². The normalized spacial score (nSPS) is 20.3. The highest BCUT2D eigenvalue weighted by atomic mass is 16.4.